The molecule has 2 rings (SSSR count). The van der Waals surface area contributed by atoms with Crippen LogP contribution >= 0.6 is 0 Å². The van der Waals surface area contributed by atoms with E-state index in [1.54, 1.807) is 0 Å². The van der Waals surface area contributed by atoms with Crippen molar-refractivity contribution in [2.75, 3.05) is 31.1 Å². The van der Waals surface area contributed by atoms with Gasteiger partial charge in [-0.15, -0.1) is 0 Å². The van der Waals surface area contributed by atoms with E-state index in [1.165, 1.54) is 5.69 Å². The van der Waals surface area contributed by atoms with Crippen molar-refractivity contribution >= 4 is 5.69 Å². The molecule has 1 aliphatic heterocycles. The van der Waals surface area contributed by atoms with Gasteiger partial charge in [-0.1, -0.05) is 0 Å². The Hall–Kier alpha value is -1.60. The molecule has 0 atom stereocenters. The highest BCUT2D eigenvalue weighted by Crippen LogP contribution is 2.19. The molecule has 4 nitrogen and oxygen atoms in total. The molecule has 0 aliphatic carbocycles. The summed E-state index contributed by atoms with van der Waals surface area (Å²) in [4.78, 5) is 8.61. The molecule has 1 aromatic heterocycles. The maximum atomic E-state index is 9.12. The van der Waals surface area contributed by atoms with Crippen LogP contribution in [0.1, 0.15) is 13.8 Å². The Morgan fingerprint density at radius 2 is 1.76 bits per heavy atom. The lowest BCUT2D eigenvalue weighted by molar-refractivity contribution is 0.158. The number of pyridine rings is 1. The molecule has 0 radical (unpaired) electrons. The van der Waals surface area contributed by atoms with Gasteiger partial charge in [0.05, 0.1) is 6.07 Å². The highest BCUT2D eigenvalue weighted by Gasteiger charge is 2.29. The van der Waals surface area contributed by atoms with Crippen LogP contribution in [0.25, 0.3) is 0 Å². The molecular weight excluding hydrogens is 212 g/mol. The van der Waals surface area contributed by atoms with Gasteiger partial charge in [0, 0.05) is 44.3 Å². The summed E-state index contributed by atoms with van der Waals surface area (Å²) in [5, 5.41) is 9.12. The van der Waals surface area contributed by atoms with E-state index in [-0.39, 0.29) is 5.54 Å². The highest BCUT2D eigenvalue weighted by molar-refractivity contribution is 5.45. The largest absolute Gasteiger partial charge is 0.369 e. The molecule has 90 valence electrons. The normalized spacial score (nSPS) is 17.8. The van der Waals surface area contributed by atoms with Crippen LogP contribution in [0.3, 0.4) is 0 Å². The lowest BCUT2D eigenvalue weighted by Crippen LogP contribution is -2.54. The van der Waals surface area contributed by atoms with E-state index < -0.39 is 0 Å². The van der Waals surface area contributed by atoms with Crippen molar-refractivity contribution in [3.05, 3.63) is 24.5 Å². The Balaban J connectivity index is 1.98. The van der Waals surface area contributed by atoms with Gasteiger partial charge in [0.1, 0.15) is 5.54 Å². The number of hydrogen-bond acceptors (Lipinski definition) is 4. The van der Waals surface area contributed by atoms with Crippen molar-refractivity contribution in [3.8, 4) is 6.07 Å². The van der Waals surface area contributed by atoms with Crippen LogP contribution in [-0.2, 0) is 0 Å². The Kier molecular flexibility index (Phi) is 3.30. The smallest absolute Gasteiger partial charge is 0.103 e. The predicted molar refractivity (Wildman–Crippen MR) is 67.7 cm³/mol. The van der Waals surface area contributed by atoms with E-state index in [1.807, 2.05) is 38.4 Å². The zero-order valence-corrected chi connectivity index (χ0v) is 10.4. The van der Waals surface area contributed by atoms with Crippen LogP contribution in [-0.4, -0.2) is 41.6 Å². The Morgan fingerprint density at radius 1 is 1.18 bits per heavy atom. The summed E-state index contributed by atoms with van der Waals surface area (Å²) in [6, 6.07) is 6.43. The molecule has 1 fully saturated rings. The number of piperazine rings is 1. The molecule has 1 aliphatic rings. The lowest BCUT2D eigenvalue weighted by atomic mass is 10.0. The quantitative estimate of drug-likeness (QED) is 0.772. The maximum absolute atomic E-state index is 9.12. The summed E-state index contributed by atoms with van der Waals surface area (Å²) in [5.74, 6) is 0. The van der Waals surface area contributed by atoms with E-state index in [4.69, 9.17) is 5.26 Å². The summed E-state index contributed by atoms with van der Waals surface area (Å²) in [5.41, 5.74) is 0.860. The van der Waals surface area contributed by atoms with E-state index in [0.717, 1.165) is 26.2 Å². The second-order valence-corrected chi connectivity index (χ2v) is 4.85. The van der Waals surface area contributed by atoms with E-state index in [2.05, 4.69) is 20.9 Å². The molecular formula is C13H18N4. The van der Waals surface area contributed by atoms with E-state index >= 15 is 0 Å². The molecule has 0 N–H and O–H groups in total. The van der Waals surface area contributed by atoms with Gasteiger partial charge in [0.15, 0.2) is 0 Å². The maximum Gasteiger partial charge on any atom is 0.103 e. The van der Waals surface area contributed by atoms with Gasteiger partial charge in [-0.25, -0.2) is 0 Å². The molecule has 1 saturated heterocycles. The Bertz CT molecular complexity index is 399. The molecule has 0 bridgehead atoms. The molecule has 2 heterocycles. The molecule has 0 unspecified atom stereocenters. The third-order valence-corrected chi connectivity index (χ3v) is 3.37. The first-order chi connectivity index (χ1) is 8.13. The van der Waals surface area contributed by atoms with Gasteiger partial charge >= 0.3 is 0 Å². The van der Waals surface area contributed by atoms with Crippen molar-refractivity contribution in [2.24, 2.45) is 0 Å². The van der Waals surface area contributed by atoms with Gasteiger partial charge in [-0.2, -0.15) is 5.26 Å². The molecule has 17 heavy (non-hydrogen) atoms. The fraction of sp³-hybridized carbons (Fsp3) is 0.538. The summed E-state index contributed by atoms with van der Waals surface area (Å²) in [6.45, 7) is 7.76. The van der Waals surface area contributed by atoms with Gasteiger partial charge in [0.25, 0.3) is 0 Å². The molecule has 4 heteroatoms. The minimum Gasteiger partial charge on any atom is -0.369 e. The summed E-state index contributed by atoms with van der Waals surface area (Å²) >= 11 is 0. The van der Waals surface area contributed by atoms with Gasteiger partial charge in [-0.05, 0) is 26.0 Å². The average Bonchev–Trinajstić information content (AvgIpc) is 2.40. The first-order valence-electron chi connectivity index (χ1n) is 5.95. The second kappa shape index (κ2) is 4.72. The second-order valence-electron chi connectivity index (χ2n) is 4.85. The predicted octanol–water partition coefficient (Wildman–Crippen LogP) is 1.51. The number of rotatable bonds is 2. The first-order valence-corrected chi connectivity index (χ1v) is 5.95. The van der Waals surface area contributed by atoms with Gasteiger partial charge < -0.3 is 4.90 Å². The average molecular weight is 230 g/mol. The number of hydrogen-bond donors (Lipinski definition) is 0. The third-order valence-electron chi connectivity index (χ3n) is 3.37. The minimum atomic E-state index is -0.357. The van der Waals surface area contributed by atoms with Crippen LogP contribution in [0.15, 0.2) is 24.5 Å². The van der Waals surface area contributed by atoms with Crippen molar-refractivity contribution in [2.45, 2.75) is 19.4 Å². The third kappa shape index (κ3) is 2.56. The fourth-order valence-corrected chi connectivity index (χ4v) is 2.15. The van der Waals surface area contributed by atoms with Crippen molar-refractivity contribution in [1.29, 1.82) is 5.26 Å². The summed E-state index contributed by atoms with van der Waals surface area (Å²) < 4.78 is 0. The van der Waals surface area contributed by atoms with Crippen molar-refractivity contribution in [1.82, 2.24) is 9.88 Å². The first kappa shape index (κ1) is 11.9. The van der Waals surface area contributed by atoms with Crippen LogP contribution in [0.2, 0.25) is 0 Å². The standard InChI is InChI=1S/C13H18N4/c1-13(2,11-14)17-9-7-16(8-10-17)12-3-5-15-6-4-12/h3-6H,7-10H2,1-2H3. The fourth-order valence-electron chi connectivity index (χ4n) is 2.15. The monoisotopic (exact) mass is 230 g/mol. The van der Waals surface area contributed by atoms with Crippen LogP contribution < -0.4 is 4.90 Å². The van der Waals surface area contributed by atoms with E-state index in [0.29, 0.717) is 0 Å². The van der Waals surface area contributed by atoms with E-state index in [9.17, 15) is 0 Å². The van der Waals surface area contributed by atoms with Crippen LogP contribution in [0.4, 0.5) is 5.69 Å². The zero-order valence-electron chi connectivity index (χ0n) is 10.4. The topological polar surface area (TPSA) is 43.2 Å². The summed E-state index contributed by atoms with van der Waals surface area (Å²) in [6.07, 6.45) is 3.64. The molecule has 0 amide bonds. The number of anilines is 1. The molecule has 0 spiro atoms. The minimum absolute atomic E-state index is 0.357. The summed E-state index contributed by atoms with van der Waals surface area (Å²) in [7, 11) is 0. The van der Waals surface area contributed by atoms with Crippen molar-refractivity contribution < 1.29 is 0 Å². The van der Waals surface area contributed by atoms with Gasteiger partial charge in [0.2, 0.25) is 0 Å². The molecule has 1 aromatic rings. The number of aromatic nitrogens is 1. The zero-order chi connectivity index (χ0) is 12.3. The molecule has 0 saturated carbocycles. The Labute approximate surface area is 102 Å². The SMILES string of the molecule is CC(C)(C#N)N1CCN(c2ccncc2)CC1. The van der Waals surface area contributed by atoms with Gasteiger partial charge in [-0.3, -0.25) is 9.88 Å². The number of nitrogens with zero attached hydrogens (tertiary/aromatic N) is 4. The highest BCUT2D eigenvalue weighted by atomic mass is 15.3. The van der Waals surface area contributed by atoms with Crippen molar-refractivity contribution in [3.63, 3.8) is 0 Å². The Morgan fingerprint density at radius 3 is 2.29 bits per heavy atom. The van der Waals surface area contributed by atoms with Crippen LogP contribution in [0.5, 0.6) is 0 Å². The van der Waals surface area contributed by atoms with Crippen LogP contribution in [0, 0.1) is 11.3 Å². The number of nitriles is 1. The lowest BCUT2D eigenvalue weighted by Gasteiger charge is -2.41. The molecule has 0 aromatic carbocycles.